The van der Waals surface area contributed by atoms with Gasteiger partial charge < -0.3 is 9.67 Å². The minimum atomic E-state index is -1.01. The van der Waals surface area contributed by atoms with Crippen molar-refractivity contribution in [3.63, 3.8) is 0 Å². The molecule has 0 aromatic carbocycles. The van der Waals surface area contributed by atoms with Crippen LogP contribution in [0.5, 0.6) is 0 Å². The lowest BCUT2D eigenvalue weighted by molar-refractivity contribution is 0.0692. The Morgan fingerprint density at radius 2 is 2.05 bits per heavy atom. The highest BCUT2D eigenvalue weighted by Crippen LogP contribution is 2.46. The standard InChI is InChI=1S/C13H13N5O2S/c19-12(20)9-5-6-14-16-11(9)21-13-17-15-10(7-1-2-7)18(13)8-3-4-8/h5-8H,1-4H2,(H,19,20). The van der Waals surface area contributed by atoms with Gasteiger partial charge in [-0.1, -0.05) is 0 Å². The third kappa shape index (κ3) is 2.39. The number of aromatic nitrogens is 5. The van der Waals surface area contributed by atoms with Crippen molar-refractivity contribution >= 4 is 17.7 Å². The summed E-state index contributed by atoms with van der Waals surface area (Å²) in [4.78, 5) is 11.2. The van der Waals surface area contributed by atoms with Crippen molar-refractivity contribution < 1.29 is 9.90 Å². The molecule has 21 heavy (non-hydrogen) atoms. The first-order valence-corrected chi connectivity index (χ1v) is 7.73. The summed E-state index contributed by atoms with van der Waals surface area (Å²) in [5.41, 5.74) is 0.147. The van der Waals surface area contributed by atoms with Crippen LogP contribution in [0.15, 0.2) is 22.4 Å². The lowest BCUT2D eigenvalue weighted by Crippen LogP contribution is -2.04. The largest absolute Gasteiger partial charge is 0.478 e. The van der Waals surface area contributed by atoms with E-state index in [9.17, 15) is 9.90 Å². The van der Waals surface area contributed by atoms with Crippen LogP contribution in [0.4, 0.5) is 0 Å². The number of hydrogen-bond acceptors (Lipinski definition) is 6. The van der Waals surface area contributed by atoms with Crippen LogP contribution in [0.1, 0.15) is 53.8 Å². The van der Waals surface area contributed by atoms with Crippen LogP contribution in [0.3, 0.4) is 0 Å². The smallest absolute Gasteiger partial charge is 0.338 e. The Morgan fingerprint density at radius 1 is 1.24 bits per heavy atom. The Kier molecular flexibility index (Phi) is 2.91. The molecule has 0 radical (unpaired) electrons. The number of carboxylic acids is 1. The van der Waals surface area contributed by atoms with E-state index in [-0.39, 0.29) is 5.56 Å². The molecule has 0 spiro atoms. The third-order valence-electron chi connectivity index (χ3n) is 3.65. The van der Waals surface area contributed by atoms with Crippen LogP contribution in [-0.2, 0) is 0 Å². The monoisotopic (exact) mass is 303 g/mol. The van der Waals surface area contributed by atoms with Gasteiger partial charge in [-0.25, -0.2) is 4.79 Å². The zero-order valence-electron chi connectivity index (χ0n) is 11.1. The van der Waals surface area contributed by atoms with Crippen molar-refractivity contribution in [1.82, 2.24) is 25.0 Å². The summed E-state index contributed by atoms with van der Waals surface area (Å²) in [6.07, 6.45) is 5.99. The number of aromatic carboxylic acids is 1. The Bertz CT molecular complexity index is 708. The van der Waals surface area contributed by atoms with E-state index in [0.29, 0.717) is 17.0 Å². The van der Waals surface area contributed by atoms with Gasteiger partial charge in [-0.15, -0.1) is 15.3 Å². The van der Waals surface area contributed by atoms with E-state index in [4.69, 9.17) is 0 Å². The maximum absolute atomic E-state index is 11.2. The Morgan fingerprint density at radius 3 is 2.71 bits per heavy atom. The molecular formula is C13H13N5O2S. The van der Waals surface area contributed by atoms with E-state index >= 15 is 0 Å². The summed E-state index contributed by atoms with van der Waals surface area (Å²) in [5, 5.41) is 26.6. The van der Waals surface area contributed by atoms with Crippen LogP contribution in [-0.4, -0.2) is 36.0 Å². The molecule has 2 saturated carbocycles. The highest BCUT2D eigenvalue weighted by molar-refractivity contribution is 7.99. The molecule has 0 bridgehead atoms. The second-order valence-electron chi connectivity index (χ2n) is 5.37. The number of carbonyl (C=O) groups is 1. The lowest BCUT2D eigenvalue weighted by atomic mass is 10.3. The van der Waals surface area contributed by atoms with Gasteiger partial charge in [0.1, 0.15) is 10.9 Å². The summed E-state index contributed by atoms with van der Waals surface area (Å²) in [7, 11) is 0. The molecule has 2 aromatic rings. The zero-order chi connectivity index (χ0) is 14.4. The summed E-state index contributed by atoms with van der Waals surface area (Å²) in [6, 6.07) is 1.92. The van der Waals surface area contributed by atoms with Gasteiger partial charge in [-0.05, 0) is 43.5 Å². The Hall–Kier alpha value is -1.96. The summed E-state index contributed by atoms with van der Waals surface area (Å²) < 4.78 is 2.17. The predicted octanol–water partition coefficient (Wildman–Crippen LogP) is 2.13. The molecule has 0 unspecified atom stereocenters. The van der Waals surface area contributed by atoms with E-state index in [2.05, 4.69) is 25.0 Å². The maximum Gasteiger partial charge on any atom is 0.338 e. The number of hydrogen-bond donors (Lipinski definition) is 1. The highest BCUT2D eigenvalue weighted by Gasteiger charge is 2.36. The fourth-order valence-corrected chi connectivity index (χ4v) is 3.25. The van der Waals surface area contributed by atoms with Gasteiger partial charge in [-0.2, -0.15) is 5.10 Å². The molecular weight excluding hydrogens is 290 g/mol. The maximum atomic E-state index is 11.2. The van der Waals surface area contributed by atoms with Crippen molar-refractivity contribution in [3.05, 3.63) is 23.7 Å². The molecule has 1 N–H and O–H groups in total. The lowest BCUT2D eigenvalue weighted by Gasteiger charge is -2.08. The van der Waals surface area contributed by atoms with Crippen LogP contribution >= 0.6 is 11.8 Å². The van der Waals surface area contributed by atoms with Crippen molar-refractivity contribution in [2.45, 2.75) is 47.8 Å². The fourth-order valence-electron chi connectivity index (χ4n) is 2.30. The average molecular weight is 303 g/mol. The molecule has 8 heteroatoms. The first kappa shape index (κ1) is 12.8. The predicted molar refractivity (Wildman–Crippen MR) is 73.4 cm³/mol. The number of rotatable bonds is 5. The topological polar surface area (TPSA) is 93.8 Å². The fraction of sp³-hybridized carbons (Fsp3) is 0.462. The van der Waals surface area contributed by atoms with Gasteiger partial charge >= 0.3 is 5.97 Å². The molecule has 2 aliphatic carbocycles. The molecule has 2 aliphatic rings. The van der Waals surface area contributed by atoms with E-state index in [1.807, 2.05) is 0 Å². The second kappa shape index (κ2) is 4.80. The molecule has 0 amide bonds. The molecule has 7 nitrogen and oxygen atoms in total. The van der Waals surface area contributed by atoms with Gasteiger partial charge in [-0.3, -0.25) is 0 Å². The van der Waals surface area contributed by atoms with Crippen molar-refractivity contribution in [1.29, 1.82) is 0 Å². The van der Waals surface area contributed by atoms with Gasteiger partial charge in [0.2, 0.25) is 0 Å². The second-order valence-corrected chi connectivity index (χ2v) is 6.33. The molecule has 2 aromatic heterocycles. The Balaban J connectivity index is 1.70. The normalized spacial score (nSPS) is 17.9. The minimum Gasteiger partial charge on any atom is -0.478 e. The third-order valence-corrected chi connectivity index (χ3v) is 4.61. The first-order chi connectivity index (χ1) is 10.2. The summed E-state index contributed by atoms with van der Waals surface area (Å²) in [6.45, 7) is 0. The molecule has 0 aliphatic heterocycles. The SMILES string of the molecule is O=C(O)c1ccnnc1Sc1nnc(C2CC2)n1C1CC1. The molecule has 2 heterocycles. The zero-order valence-corrected chi connectivity index (χ0v) is 12.0. The van der Waals surface area contributed by atoms with Crippen LogP contribution < -0.4 is 0 Å². The summed E-state index contributed by atoms with van der Waals surface area (Å²) >= 11 is 1.24. The quantitative estimate of drug-likeness (QED) is 0.904. The van der Waals surface area contributed by atoms with Gasteiger partial charge in [0.15, 0.2) is 5.16 Å². The van der Waals surface area contributed by atoms with Crippen molar-refractivity contribution in [2.75, 3.05) is 0 Å². The first-order valence-electron chi connectivity index (χ1n) is 6.91. The average Bonchev–Trinajstić information content (AvgIpc) is 3.39. The van der Waals surface area contributed by atoms with Crippen LogP contribution in [0, 0.1) is 0 Å². The molecule has 0 saturated heterocycles. The van der Waals surface area contributed by atoms with Gasteiger partial charge in [0.25, 0.3) is 0 Å². The minimum absolute atomic E-state index is 0.147. The highest BCUT2D eigenvalue weighted by atomic mass is 32.2. The van der Waals surface area contributed by atoms with Crippen LogP contribution in [0.2, 0.25) is 0 Å². The number of carboxylic acid groups (broad SMARTS) is 1. The van der Waals surface area contributed by atoms with Gasteiger partial charge in [0, 0.05) is 12.0 Å². The van der Waals surface area contributed by atoms with Crippen molar-refractivity contribution in [3.8, 4) is 0 Å². The van der Waals surface area contributed by atoms with E-state index in [1.165, 1.54) is 36.9 Å². The van der Waals surface area contributed by atoms with Crippen molar-refractivity contribution in [2.24, 2.45) is 0 Å². The molecule has 108 valence electrons. The molecule has 2 fully saturated rings. The van der Waals surface area contributed by atoms with E-state index in [0.717, 1.165) is 23.8 Å². The van der Waals surface area contributed by atoms with E-state index in [1.54, 1.807) is 0 Å². The molecule has 0 atom stereocenters. The van der Waals surface area contributed by atoms with E-state index < -0.39 is 5.97 Å². The van der Waals surface area contributed by atoms with Crippen LogP contribution in [0.25, 0.3) is 0 Å². The Labute approximate surface area is 124 Å². The summed E-state index contributed by atoms with van der Waals surface area (Å²) in [5.74, 6) is 0.557. The number of nitrogens with zero attached hydrogens (tertiary/aromatic N) is 5. The van der Waals surface area contributed by atoms with Gasteiger partial charge in [0.05, 0.1) is 11.8 Å². The molecule has 4 rings (SSSR count).